The molecule has 1 aliphatic heterocycles. The van der Waals surface area contributed by atoms with Crippen LogP contribution in [-0.2, 0) is 23.8 Å². The third-order valence-corrected chi connectivity index (χ3v) is 8.22. The molecule has 0 aromatic rings. The summed E-state index contributed by atoms with van der Waals surface area (Å²) >= 11 is 0. The van der Waals surface area contributed by atoms with E-state index in [-0.39, 0.29) is 35.1 Å². The van der Waals surface area contributed by atoms with Crippen LogP contribution in [0.4, 0.5) is 0 Å². The molecule has 0 spiro atoms. The zero-order valence-electron chi connectivity index (χ0n) is 20.6. The van der Waals surface area contributed by atoms with Crippen molar-refractivity contribution < 1.29 is 28.9 Å². The number of aliphatic hydroxyl groups is 1. The monoisotopic (exact) mass is 448 g/mol. The van der Waals surface area contributed by atoms with Gasteiger partial charge in [-0.3, -0.25) is 4.79 Å². The van der Waals surface area contributed by atoms with Crippen molar-refractivity contribution in [3.63, 3.8) is 0 Å². The van der Waals surface area contributed by atoms with E-state index in [0.717, 1.165) is 24.8 Å². The first-order chi connectivity index (χ1) is 15.0. The quantitative estimate of drug-likeness (QED) is 0.364. The van der Waals surface area contributed by atoms with Crippen LogP contribution in [0.15, 0.2) is 23.3 Å². The van der Waals surface area contributed by atoms with Gasteiger partial charge in [-0.25, -0.2) is 4.79 Å². The Labute approximate surface area is 192 Å². The highest BCUT2D eigenvalue weighted by Crippen LogP contribution is 2.62. The Hall–Kier alpha value is -1.66. The smallest absolute Gasteiger partial charge is 0.333 e. The molecule has 0 bridgehead atoms. The first-order valence-electron chi connectivity index (χ1n) is 12.0. The second-order valence-electron chi connectivity index (χ2n) is 10.7. The van der Waals surface area contributed by atoms with E-state index in [1.165, 1.54) is 0 Å². The lowest BCUT2D eigenvalue weighted by Crippen LogP contribution is -2.62. The number of carbonyl (C=O) groups is 2. The molecule has 0 amide bonds. The molecule has 180 valence electrons. The molecule has 1 saturated heterocycles. The summed E-state index contributed by atoms with van der Waals surface area (Å²) in [4.78, 5) is 25.7. The van der Waals surface area contributed by atoms with Crippen LogP contribution in [0.1, 0.15) is 74.1 Å². The first-order valence-corrected chi connectivity index (χ1v) is 12.0. The van der Waals surface area contributed by atoms with Gasteiger partial charge in [0.1, 0.15) is 12.2 Å². The van der Waals surface area contributed by atoms with Crippen molar-refractivity contribution in [2.24, 2.45) is 28.6 Å². The molecule has 6 nitrogen and oxygen atoms in total. The van der Waals surface area contributed by atoms with Crippen molar-refractivity contribution in [1.29, 1.82) is 0 Å². The van der Waals surface area contributed by atoms with Gasteiger partial charge in [0, 0.05) is 16.9 Å². The second-order valence-corrected chi connectivity index (χ2v) is 10.7. The fourth-order valence-corrected chi connectivity index (χ4v) is 6.36. The predicted octanol–water partition coefficient (Wildman–Crippen LogP) is 4.56. The van der Waals surface area contributed by atoms with Gasteiger partial charge in [0.25, 0.3) is 0 Å². The Bertz CT molecular complexity index is 796. The predicted molar refractivity (Wildman–Crippen MR) is 121 cm³/mol. The standard InChI is InChI=1S/C26H40O6/c1-8-10-16(4)23(28)31-18-13-26(7)19(12-11-17-14-30-24(29)20(17)26)25(5,6)21(18)32-22(27)15(3)9-2/h9,11,16,18-21,24,29H,8,10,12-14H2,1-7H3/b15-9-/t16?,18-,19+,20?,21+,24-,26+/m1/s1. The Kier molecular flexibility index (Phi) is 7.26. The highest BCUT2D eigenvalue weighted by atomic mass is 16.6. The van der Waals surface area contributed by atoms with Gasteiger partial charge in [-0.15, -0.1) is 0 Å². The zero-order valence-corrected chi connectivity index (χ0v) is 20.6. The summed E-state index contributed by atoms with van der Waals surface area (Å²) in [6.07, 6.45) is 4.85. The summed E-state index contributed by atoms with van der Waals surface area (Å²) in [5.41, 5.74) is 0.835. The van der Waals surface area contributed by atoms with Crippen molar-refractivity contribution in [3.8, 4) is 0 Å². The van der Waals surface area contributed by atoms with Crippen LogP contribution in [0.5, 0.6) is 0 Å². The number of carbonyl (C=O) groups excluding carboxylic acids is 2. The number of aliphatic hydroxyl groups excluding tert-OH is 1. The summed E-state index contributed by atoms with van der Waals surface area (Å²) < 4.78 is 17.7. The molecule has 0 radical (unpaired) electrons. The molecule has 6 heteroatoms. The fourth-order valence-electron chi connectivity index (χ4n) is 6.36. The zero-order chi connectivity index (χ0) is 23.8. The molecule has 1 N–H and O–H groups in total. The third kappa shape index (κ3) is 4.28. The minimum Gasteiger partial charge on any atom is -0.458 e. The Morgan fingerprint density at radius 3 is 2.62 bits per heavy atom. The first kappa shape index (κ1) is 25.0. The van der Waals surface area contributed by atoms with Gasteiger partial charge in [0.05, 0.1) is 12.5 Å². The maximum absolute atomic E-state index is 12.9. The van der Waals surface area contributed by atoms with E-state index >= 15 is 0 Å². The molecular formula is C26H40O6. The van der Waals surface area contributed by atoms with Gasteiger partial charge in [-0.1, -0.05) is 53.2 Å². The molecular weight excluding hydrogens is 408 g/mol. The summed E-state index contributed by atoms with van der Waals surface area (Å²) in [7, 11) is 0. The lowest BCUT2D eigenvalue weighted by molar-refractivity contribution is -0.223. The van der Waals surface area contributed by atoms with E-state index in [2.05, 4.69) is 26.8 Å². The number of esters is 2. The molecule has 32 heavy (non-hydrogen) atoms. The number of ether oxygens (including phenoxy) is 3. The van der Waals surface area contributed by atoms with Crippen molar-refractivity contribution in [2.75, 3.05) is 6.61 Å². The Morgan fingerprint density at radius 1 is 1.31 bits per heavy atom. The lowest BCUT2D eigenvalue weighted by Gasteiger charge is -2.59. The van der Waals surface area contributed by atoms with Crippen LogP contribution in [0.2, 0.25) is 0 Å². The SMILES string of the molecule is C/C=C(/C)C(=O)O[C@H]1[C@H](OC(=O)C(C)CCC)C[C@]2(C)C3C(=CC[C@H]2C1(C)C)CO[C@H]3O. The summed E-state index contributed by atoms with van der Waals surface area (Å²) in [5, 5.41) is 10.7. The topological polar surface area (TPSA) is 82.1 Å². The van der Waals surface area contributed by atoms with E-state index < -0.39 is 23.9 Å². The van der Waals surface area contributed by atoms with Crippen LogP contribution in [0.25, 0.3) is 0 Å². The highest BCUT2D eigenvalue weighted by molar-refractivity contribution is 5.87. The van der Waals surface area contributed by atoms with Gasteiger partial charge >= 0.3 is 11.9 Å². The molecule has 7 atom stereocenters. The second kappa shape index (κ2) is 9.30. The lowest BCUT2D eigenvalue weighted by atomic mass is 9.47. The van der Waals surface area contributed by atoms with Crippen molar-refractivity contribution in [1.82, 2.24) is 0 Å². The van der Waals surface area contributed by atoms with Crippen molar-refractivity contribution in [3.05, 3.63) is 23.3 Å². The molecule has 0 aromatic heterocycles. The minimum absolute atomic E-state index is 0.131. The molecule has 0 aromatic carbocycles. The van der Waals surface area contributed by atoms with Crippen LogP contribution in [-0.4, -0.2) is 42.1 Å². The van der Waals surface area contributed by atoms with Crippen LogP contribution in [0, 0.1) is 28.6 Å². The number of rotatable bonds is 6. The number of fused-ring (bicyclic) bond motifs is 3. The fraction of sp³-hybridized carbons (Fsp3) is 0.769. The Morgan fingerprint density at radius 2 is 2.00 bits per heavy atom. The van der Waals surface area contributed by atoms with Gasteiger partial charge in [-0.05, 0) is 50.0 Å². The molecule has 3 rings (SSSR count). The normalized spacial score (nSPS) is 37.1. The van der Waals surface area contributed by atoms with Crippen molar-refractivity contribution >= 4 is 11.9 Å². The number of hydrogen-bond donors (Lipinski definition) is 1. The average molecular weight is 449 g/mol. The largest absolute Gasteiger partial charge is 0.458 e. The number of hydrogen-bond acceptors (Lipinski definition) is 6. The van der Waals surface area contributed by atoms with Crippen LogP contribution in [0.3, 0.4) is 0 Å². The van der Waals surface area contributed by atoms with E-state index in [9.17, 15) is 14.7 Å². The molecule has 1 saturated carbocycles. The highest BCUT2D eigenvalue weighted by Gasteiger charge is 2.63. The van der Waals surface area contributed by atoms with Gasteiger partial charge < -0.3 is 19.3 Å². The summed E-state index contributed by atoms with van der Waals surface area (Å²) in [6, 6.07) is 0. The molecule has 2 fully saturated rings. The van der Waals surface area contributed by atoms with Gasteiger partial charge in [0.2, 0.25) is 0 Å². The van der Waals surface area contributed by atoms with Crippen LogP contribution < -0.4 is 0 Å². The maximum atomic E-state index is 12.9. The molecule has 1 heterocycles. The van der Waals surface area contributed by atoms with Crippen molar-refractivity contribution in [2.45, 2.75) is 92.6 Å². The van der Waals surface area contributed by atoms with Crippen LogP contribution >= 0.6 is 0 Å². The van der Waals surface area contributed by atoms with Gasteiger partial charge in [-0.2, -0.15) is 0 Å². The number of allylic oxidation sites excluding steroid dienone is 2. The molecule has 2 aliphatic carbocycles. The van der Waals surface area contributed by atoms with E-state index in [1.807, 2.05) is 13.8 Å². The third-order valence-electron chi connectivity index (χ3n) is 8.22. The minimum atomic E-state index is -0.871. The molecule has 2 unspecified atom stereocenters. The molecule has 3 aliphatic rings. The van der Waals surface area contributed by atoms with E-state index in [1.54, 1.807) is 19.9 Å². The summed E-state index contributed by atoms with van der Waals surface area (Å²) in [5.74, 6) is -0.874. The summed E-state index contributed by atoms with van der Waals surface area (Å²) in [6.45, 7) is 14.2. The Balaban J connectivity index is 1.99. The van der Waals surface area contributed by atoms with E-state index in [0.29, 0.717) is 18.6 Å². The van der Waals surface area contributed by atoms with E-state index in [4.69, 9.17) is 14.2 Å². The van der Waals surface area contributed by atoms with Gasteiger partial charge in [0.15, 0.2) is 6.29 Å². The average Bonchev–Trinajstić information content (AvgIpc) is 3.12. The maximum Gasteiger partial charge on any atom is 0.333 e.